The first kappa shape index (κ1) is 11.5. The fourth-order valence-electron chi connectivity index (χ4n) is 1.04. The van der Waals surface area contributed by atoms with Gasteiger partial charge < -0.3 is 5.73 Å². The van der Waals surface area contributed by atoms with Gasteiger partial charge in [0.15, 0.2) is 5.78 Å². The summed E-state index contributed by atoms with van der Waals surface area (Å²) < 4.78 is 0. The number of rotatable bonds is 3. The van der Waals surface area contributed by atoms with E-state index < -0.39 is 0 Å². The lowest BCUT2D eigenvalue weighted by Crippen LogP contribution is -2.20. The summed E-state index contributed by atoms with van der Waals surface area (Å²) in [6.45, 7) is 2.12. The molecular weight excluding hydrogens is 221 g/mol. The van der Waals surface area contributed by atoms with Gasteiger partial charge in [-0.15, -0.1) is 0 Å². The van der Waals surface area contributed by atoms with Gasteiger partial charge in [-0.05, 0) is 18.2 Å². The Hall–Kier alpha value is -0.570. The van der Waals surface area contributed by atoms with E-state index in [0.717, 1.165) is 0 Å². The zero-order valence-electron chi connectivity index (χ0n) is 7.76. The van der Waals surface area contributed by atoms with E-state index in [9.17, 15) is 4.79 Å². The number of Topliss-reactive ketones (excluding diaryl/α,β-unsaturated/α-hetero) is 1. The van der Waals surface area contributed by atoms with Crippen LogP contribution in [0.5, 0.6) is 0 Å². The van der Waals surface area contributed by atoms with Gasteiger partial charge in [-0.3, -0.25) is 4.79 Å². The lowest BCUT2D eigenvalue weighted by molar-refractivity contribution is 0.0934. The summed E-state index contributed by atoms with van der Waals surface area (Å²) in [5, 5.41) is 0.838. The molecule has 0 fully saturated rings. The van der Waals surface area contributed by atoms with Crippen molar-refractivity contribution in [2.24, 2.45) is 11.7 Å². The highest BCUT2D eigenvalue weighted by atomic mass is 35.5. The summed E-state index contributed by atoms with van der Waals surface area (Å²) in [4.78, 5) is 11.7. The number of benzene rings is 1. The van der Waals surface area contributed by atoms with E-state index in [0.29, 0.717) is 22.2 Å². The molecule has 0 bridgehead atoms. The van der Waals surface area contributed by atoms with Gasteiger partial charge in [0.1, 0.15) is 0 Å². The molecule has 0 aliphatic carbocycles. The highest BCUT2D eigenvalue weighted by Gasteiger charge is 2.14. The maximum Gasteiger partial charge on any atom is 0.166 e. The second-order valence-corrected chi connectivity index (χ2v) is 3.94. The molecule has 0 amide bonds. The molecule has 0 aliphatic heterocycles. The van der Waals surface area contributed by atoms with E-state index in [-0.39, 0.29) is 11.7 Å². The Bertz CT molecular complexity index is 352. The smallest absolute Gasteiger partial charge is 0.166 e. The van der Waals surface area contributed by atoms with Crippen LogP contribution < -0.4 is 5.73 Å². The van der Waals surface area contributed by atoms with Crippen LogP contribution >= 0.6 is 23.2 Å². The lowest BCUT2D eigenvalue weighted by Gasteiger charge is -2.07. The van der Waals surface area contributed by atoms with Crippen LogP contribution in [-0.4, -0.2) is 12.3 Å². The van der Waals surface area contributed by atoms with Gasteiger partial charge in [0.05, 0.1) is 10.0 Å². The van der Waals surface area contributed by atoms with Gasteiger partial charge >= 0.3 is 0 Å². The molecule has 0 saturated heterocycles. The van der Waals surface area contributed by atoms with E-state index in [1.165, 1.54) is 0 Å². The highest BCUT2D eigenvalue weighted by molar-refractivity contribution is 6.42. The Morgan fingerprint density at radius 2 is 2.07 bits per heavy atom. The van der Waals surface area contributed by atoms with Crippen LogP contribution in [0.1, 0.15) is 17.3 Å². The van der Waals surface area contributed by atoms with E-state index in [1.807, 2.05) is 0 Å². The van der Waals surface area contributed by atoms with Crippen molar-refractivity contribution in [2.75, 3.05) is 6.54 Å². The molecule has 0 aliphatic rings. The maximum absolute atomic E-state index is 11.7. The summed E-state index contributed by atoms with van der Waals surface area (Å²) in [6.07, 6.45) is 0. The van der Waals surface area contributed by atoms with Crippen molar-refractivity contribution < 1.29 is 4.79 Å². The number of hydrogen-bond donors (Lipinski definition) is 1. The Balaban J connectivity index is 2.97. The van der Waals surface area contributed by atoms with Crippen LogP contribution in [0, 0.1) is 5.92 Å². The minimum absolute atomic E-state index is 0.00827. The Morgan fingerprint density at radius 3 is 2.57 bits per heavy atom. The van der Waals surface area contributed by atoms with E-state index in [2.05, 4.69) is 0 Å². The molecule has 0 saturated carbocycles. The molecule has 4 heteroatoms. The van der Waals surface area contributed by atoms with Crippen LogP contribution in [0.3, 0.4) is 0 Å². The molecule has 2 N–H and O–H groups in total. The molecule has 1 aromatic rings. The van der Waals surface area contributed by atoms with Gasteiger partial charge in [-0.25, -0.2) is 0 Å². The quantitative estimate of drug-likeness (QED) is 0.814. The first-order valence-corrected chi connectivity index (χ1v) is 5.01. The topological polar surface area (TPSA) is 43.1 Å². The summed E-state index contributed by atoms with van der Waals surface area (Å²) in [5.74, 6) is -0.196. The first-order chi connectivity index (χ1) is 6.56. The van der Waals surface area contributed by atoms with Gasteiger partial charge in [0.25, 0.3) is 0 Å². The van der Waals surface area contributed by atoms with Crippen molar-refractivity contribution in [3.8, 4) is 0 Å². The van der Waals surface area contributed by atoms with Crippen LogP contribution in [0.4, 0.5) is 0 Å². The number of hydrogen-bond acceptors (Lipinski definition) is 2. The Morgan fingerprint density at radius 1 is 1.43 bits per heavy atom. The second kappa shape index (κ2) is 4.78. The van der Waals surface area contributed by atoms with E-state index in [1.54, 1.807) is 25.1 Å². The predicted octanol–water partition coefficient (Wildman–Crippen LogP) is 2.77. The standard InChI is InChI=1S/C10H11Cl2NO/c1-6(5-13)10(14)7-2-3-8(11)9(12)4-7/h2-4,6H,5,13H2,1H3. The number of carbonyl (C=O) groups excluding carboxylic acids is 1. The molecule has 14 heavy (non-hydrogen) atoms. The average molecular weight is 232 g/mol. The highest BCUT2D eigenvalue weighted by Crippen LogP contribution is 2.23. The molecular formula is C10H11Cl2NO. The van der Waals surface area contributed by atoms with E-state index >= 15 is 0 Å². The minimum atomic E-state index is -0.188. The van der Waals surface area contributed by atoms with Gasteiger partial charge in [0, 0.05) is 18.0 Å². The summed E-state index contributed by atoms with van der Waals surface area (Å²) in [5.41, 5.74) is 5.95. The normalized spacial score (nSPS) is 12.6. The molecule has 1 aromatic carbocycles. The monoisotopic (exact) mass is 231 g/mol. The Kier molecular flexibility index (Phi) is 3.93. The fraction of sp³-hybridized carbons (Fsp3) is 0.300. The second-order valence-electron chi connectivity index (χ2n) is 3.13. The molecule has 1 atom stereocenters. The van der Waals surface area contributed by atoms with Crippen molar-refractivity contribution in [3.05, 3.63) is 33.8 Å². The molecule has 0 radical (unpaired) electrons. The van der Waals surface area contributed by atoms with Crippen molar-refractivity contribution >= 4 is 29.0 Å². The van der Waals surface area contributed by atoms with Crippen LogP contribution in [0.2, 0.25) is 10.0 Å². The SMILES string of the molecule is CC(CN)C(=O)c1ccc(Cl)c(Cl)c1. The van der Waals surface area contributed by atoms with Crippen molar-refractivity contribution in [3.63, 3.8) is 0 Å². The molecule has 76 valence electrons. The number of nitrogens with two attached hydrogens (primary N) is 1. The largest absolute Gasteiger partial charge is 0.330 e. The molecule has 1 unspecified atom stereocenters. The summed E-state index contributed by atoms with van der Waals surface area (Å²) in [6, 6.07) is 4.83. The zero-order valence-corrected chi connectivity index (χ0v) is 9.27. The molecule has 0 aromatic heterocycles. The molecule has 0 spiro atoms. The van der Waals surface area contributed by atoms with Gasteiger partial charge in [-0.2, -0.15) is 0 Å². The average Bonchev–Trinajstić information content (AvgIpc) is 2.20. The van der Waals surface area contributed by atoms with Crippen molar-refractivity contribution in [1.29, 1.82) is 0 Å². The van der Waals surface area contributed by atoms with Crippen LogP contribution in [-0.2, 0) is 0 Å². The van der Waals surface area contributed by atoms with Crippen molar-refractivity contribution in [1.82, 2.24) is 0 Å². The molecule has 2 nitrogen and oxygen atoms in total. The Labute approximate surface area is 93.0 Å². The zero-order chi connectivity index (χ0) is 10.7. The van der Waals surface area contributed by atoms with Crippen LogP contribution in [0.25, 0.3) is 0 Å². The summed E-state index contributed by atoms with van der Waals surface area (Å²) >= 11 is 11.5. The number of ketones is 1. The maximum atomic E-state index is 11.7. The van der Waals surface area contributed by atoms with Crippen molar-refractivity contribution in [2.45, 2.75) is 6.92 Å². The fourth-order valence-corrected chi connectivity index (χ4v) is 1.34. The third kappa shape index (κ3) is 2.47. The third-order valence-electron chi connectivity index (χ3n) is 2.01. The third-order valence-corrected chi connectivity index (χ3v) is 2.74. The van der Waals surface area contributed by atoms with Crippen LogP contribution in [0.15, 0.2) is 18.2 Å². The molecule has 0 heterocycles. The number of halogens is 2. The van der Waals surface area contributed by atoms with Gasteiger partial charge in [0.2, 0.25) is 0 Å². The van der Waals surface area contributed by atoms with E-state index in [4.69, 9.17) is 28.9 Å². The van der Waals surface area contributed by atoms with Gasteiger partial charge in [-0.1, -0.05) is 30.1 Å². The minimum Gasteiger partial charge on any atom is -0.330 e. The summed E-state index contributed by atoms with van der Waals surface area (Å²) in [7, 11) is 0. The lowest BCUT2D eigenvalue weighted by atomic mass is 10.00. The number of carbonyl (C=O) groups is 1. The predicted molar refractivity (Wildman–Crippen MR) is 59.0 cm³/mol. The first-order valence-electron chi connectivity index (χ1n) is 4.25. The molecule has 1 rings (SSSR count).